The maximum absolute atomic E-state index is 12.1. The summed E-state index contributed by atoms with van der Waals surface area (Å²) >= 11 is 0. The van der Waals surface area contributed by atoms with Gasteiger partial charge in [0, 0.05) is 25.0 Å². The lowest BCUT2D eigenvalue weighted by Crippen LogP contribution is -2.50. The smallest absolute Gasteiger partial charge is 0.234 e. The van der Waals surface area contributed by atoms with Crippen LogP contribution in [0.2, 0.25) is 0 Å². The Morgan fingerprint density at radius 1 is 1.57 bits per heavy atom. The van der Waals surface area contributed by atoms with Crippen molar-refractivity contribution >= 4 is 5.91 Å². The predicted octanol–water partition coefficient (Wildman–Crippen LogP) is 1.32. The van der Waals surface area contributed by atoms with Crippen molar-refractivity contribution in [3.8, 4) is 0 Å². The van der Waals surface area contributed by atoms with Crippen LogP contribution in [0.4, 0.5) is 0 Å². The van der Waals surface area contributed by atoms with Crippen molar-refractivity contribution in [1.29, 1.82) is 0 Å². The predicted molar refractivity (Wildman–Crippen MR) is 81.6 cm³/mol. The quantitative estimate of drug-likeness (QED) is 0.830. The second kappa shape index (κ2) is 8.10. The summed E-state index contributed by atoms with van der Waals surface area (Å²) in [6.07, 6.45) is 7.08. The van der Waals surface area contributed by atoms with Crippen molar-refractivity contribution in [1.82, 2.24) is 15.2 Å². The Hall–Kier alpha value is -1.46. The molecule has 1 amide bonds. The lowest BCUT2D eigenvalue weighted by atomic mass is 9.96. The molecule has 1 aromatic heterocycles. The zero-order valence-electron chi connectivity index (χ0n) is 12.7. The molecule has 116 valence electrons. The van der Waals surface area contributed by atoms with Gasteiger partial charge in [0.1, 0.15) is 0 Å². The lowest BCUT2D eigenvalue weighted by molar-refractivity contribution is -0.124. The van der Waals surface area contributed by atoms with Gasteiger partial charge in [-0.25, -0.2) is 0 Å². The van der Waals surface area contributed by atoms with Crippen LogP contribution in [0, 0.1) is 0 Å². The van der Waals surface area contributed by atoms with Crippen LogP contribution in [0.5, 0.6) is 0 Å². The number of pyridine rings is 1. The first-order valence-electron chi connectivity index (χ1n) is 7.78. The van der Waals surface area contributed by atoms with Crippen LogP contribution >= 0.6 is 0 Å². The summed E-state index contributed by atoms with van der Waals surface area (Å²) in [5, 5.41) is 13.0. The number of carbonyl (C=O) groups is 1. The number of piperidine rings is 1. The van der Waals surface area contributed by atoms with Gasteiger partial charge in [0.2, 0.25) is 5.91 Å². The lowest BCUT2D eigenvalue weighted by Gasteiger charge is -2.37. The SMILES string of the molecule is CCC(O)C1CCCCN1CC(=O)NCc1cccnc1. The van der Waals surface area contributed by atoms with Crippen molar-refractivity contribution in [3.63, 3.8) is 0 Å². The highest BCUT2D eigenvalue weighted by atomic mass is 16.3. The van der Waals surface area contributed by atoms with Crippen LogP contribution in [0.25, 0.3) is 0 Å². The van der Waals surface area contributed by atoms with Crippen molar-refractivity contribution in [2.45, 2.75) is 51.3 Å². The zero-order chi connectivity index (χ0) is 15.1. The van der Waals surface area contributed by atoms with Crippen LogP contribution in [0.3, 0.4) is 0 Å². The molecule has 2 heterocycles. The summed E-state index contributed by atoms with van der Waals surface area (Å²) in [6.45, 7) is 3.74. The Labute approximate surface area is 126 Å². The molecule has 1 saturated heterocycles. The third-order valence-electron chi connectivity index (χ3n) is 4.09. The average molecular weight is 291 g/mol. The summed E-state index contributed by atoms with van der Waals surface area (Å²) in [5.74, 6) is 0.00839. The number of amides is 1. The first kappa shape index (κ1) is 15.9. The number of nitrogens with zero attached hydrogens (tertiary/aromatic N) is 2. The molecule has 1 aromatic rings. The van der Waals surface area contributed by atoms with E-state index in [9.17, 15) is 9.90 Å². The third-order valence-corrected chi connectivity index (χ3v) is 4.09. The monoisotopic (exact) mass is 291 g/mol. The Bertz CT molecular complexity index is 438. The minimum Gasteiger partial charge on any atom is -0.392 e. The van der Waals surface area contributed by atoms with Gasteiger partial charge in [0.05, 0.1) is 12.6 Å². The van der Waals surface area contributed by atoms with E-state index in [0.29, 0.717) is 13.1 Å². The molecule has 21 heavy (non-hydrogen) atoms. The van der Waals surface area contributed by atoms with Crippen LogP contribution in [0.1, 0.15) is 38.2 Å². The van der Waals surface area contributed by atoms with Gasteiger partial charge in [-0.3, -0.25) is 14.7 Å². The van der Waals surface area contributed by atoms with Crippen molar-refractivity contribution < 1.29 is 9.90 Å². The largest absolute Gasteiger partial charge is 0.392 e. The second-order valence-electron chi connectivity index (χ2n) is 5.65. The molecule has 2 unspecified atom stereocenters. The van der Waals surface area contributed by atoms with Crippen LogP contribution in [-0.2, 0) is 11.3 Å². The normalized spacial score (nSPS) is 21.0. The highest BCUT2D eigenvalue weighted by Gasteiger charge is 2.28. The van der Waals surface area contributed by atoms with Crippen LogP contribution < -0.4 is 5.32 Å². The van der Waals surface area contributed by atoms with E-state index in [2.05, 4.69) is 15.2 Å². The molecule has 2 N–H and O–H groups in total. The van der Waals surface area contributed by atoms with Gasteiger partial charge in [-0.05, 0) is 37.4 Å². The number of carbonyl (C=O) groups excluding carboxylic acids is 1. The number of aliphatic hydroxyl groups excluding tert-OH is 1. The number of rotatable bonds is 6. The van der Waals surface area contributed by atoms with Crippen LogP contribution in [-0.4, -0.2) is 46.1 Å². The molecule has 5 heteroatoms. The Kier molecular flexibility index (Phi) is 6.14. The molecule has 2 rings (SSSR count). The van der Waals surface area contributed by atoms with E-state index in [1.807, 2.05) is 19.1 Å². The highest BCUT2D eigenvalue weighted by molar-refractivity contribution is 5.78. The molecule has 1 aliphatic rings. The molecule has 0 saturated carbocycles. The topological polar surface area (TPSA) is 65.5 Å². The van der Waals surface area contributed by atoms with Gasteiger partial charge in [-0.15, -0.1) is 0 Å². The van der Waals surface area contributed by atoms with Gasteiger partial charge in [0.15, 0.2) is 0 Å². The van der Waals surface area contributed by atoms with Gasteiger partial charge in [-0.2, -0.15) is 0 Å². The number of aliphatic hydroxyl groups is 1. The fourth-order valence-electron chi connectivity index (χ4n) is 2.86. The third kappa shape index (κ3) is 4.79. The molecule has 5 nitrogen and oxygen atoms in total. The number of likely N-dealkylation sites (tertiary alicyclic amines) is 1. The summed E-state index contributed by atoms with van der Waals surface area (Å²) in [6, 6.07) is 3.92. The molecule has 0 spiro atoms. The van der Waals surface area contributed by atoms with E-state index < -0.39 is 0 Å². The minimum absolute atomic E-state index is 0.00839. The number of aromatic nitrogens is 1. The van der Waals surface area contributed by atoms with E-state index in [0.717, 1.165) is 37.8 Å². The fraction of sp³-hybridized carbons (Fsp3) is 0.625. The van der Waals surface area contributed by atoms with E-state index in [4.69, 9.17) is 0 Å². The van der Waals surface area contributed by atoms with Crippen molar-refractivity contribution in [2.75, 3.05) is 13.1 Å². The molecule has 0 aromatic carbocycles. The Morgan fingerprint density at radius 2 is 2.43 bits per heavy atom. The van der Waals surface area contributed by atoms with Gasteiger partial charge < -0.3 is 10.4 Å². The Balaban J connectivity index is 1.82. The van der Waals surface area contributed by atoms with Crippen LogP contribution in [0.15, 0.2) is 24.5 Å². The van der Waals surface area contributed by atoms with E-state index in [1.54, 1.807) is 12.4 Å². The fourth-order valence-corrected chi connectivity index (χ4v) is 2.86. The summed E-state index contributed by atoms with van der Waals surface area (Å²) in [4.78, 5) is 18.2. The molecule has 2 atom stereocenters. The zero-order valence-corrected chi connectivity index (χ0v) is 12.7. The van der Waals surface area contributed by atoms with Crippen molar-refractivity contribution in [2.24, 2.45) is 0 Å². The van der Waals surface area contributed by atoms with Gasteiger partial charge in [0.25, 0.3) is 0 Å². The first-order chi connectivity index (χ1) is 10.2. The average Bonchev–Trinajstić information content (AvgIpc) is 2.54. The minimum atomic E-state index is -0.337. The number of hydrogen-bond donors (Lipinski definition) is 2. The molecule has 0 bridgehead atoms. The number of hydrogen-bond acceptors (Lipinski definition) is 4. The summed E-state index contributed by atoms with van der Waals surface area (Å²) in [7, 11) is 0. The first-order valence-corrected chi connectivity index (χ1v) is 7.78. The molecular weight excluding hydrogens is 266 g/mol. The number of nitrogens with one attached hydrogen (secondary N) is 1. The molecule has 0 aliphatic carbocycles. The summed E-state index contributed by atoms with van der Waals surface area (Å²) < 4.78 is 0. The highest BCUT2D eigenvalue weighted by Crippen LogP contribution is 2.20. The maximum atomic E-state index is 12.1. The van der Waals surface area contributed by atoms with Gasteiger partial charge >= 0.3 is 0 Å². The molecule has 1 aliphatic heterocycles. The maximum Gasteiger partial charge on any atom is 0.234 e. The second-order valence-corrected chi connectivity index (χ2v) is 5.65. The molecular formula is C16H25N3O2. The van der Waals surface area contributed by atoms with Crippen molar-refractivity contribution in [3.05, 3.63) is 30.1 Å². The van der Waals surface area contributed by atoms with Gasteiger partial charge in [-0.1, -0.05) is 19.4 Å². The Morgan fingerprint density at radius 3 is 3.14 bits per heavy atom. The molecule has 1 fully saturated rings. The van der Waals surface area contributed by atoms with E-state index in [-0.39, 0.29) is 18.1 Å². The van der Waals surface area contributed by atoms with E-state index >= 15 is 0 Å². The molecule has 0 radical (unpaired) electrons. The standard InChI is InChI=1S/C16H25N3O2/c1-2-15(20)14-7-3-4-9-19(14)12-16(21)18-11-13-6-5-8-17-10-13/h5-6,8,10,14-15,20H,2-4,7,9,11-12H2,1H3,(H,18,21). The van der Waals surface area contributed by atoms with E-state index in [1.165, 1.54) is 0 Å². The summed E-state index contributed by atoms with van der Waals surface area (Å²) in [5.41, 5.74) is 0.995.